The average Bonchev–Trinajstić information content (AvgIpc) is 2.96. The summed E-state index contributed by atoms with van der Waals surface area (Å²) in [6.07, 6.45) is 1.70. The number of halogens is 1. The number of rotatable bonds is 4. The molecule has 2 N–H and O–H groups in total. The molecule has 3 rings (SSSR count). The van der Waals surface area contributed by atoms with E-state index in [0.29, 0.717) is 5.02 Å². The highest BCUT2D eigenvalue weighted by Gasteiger charge is 2.54. The molecule has 1 aromatic heterocycles. The Hall–Kier alpha value is -1.50. The molecule has 5 nitrogen and oxygen atoms in total. The zero-order chi connectivity index (χ0) is 17.7. The van der Waals surface area contributed by atoms with E-state index in [1.807, 2.05) is 39.8 Å². The molecule has 1 aromatic carbocycles. The Morgan fingerprint density at radius 2 is 1.92 bits per heavy atom. The number of aromatic nitrogens is 1. The maximum atomic E-state index is 11.5. The third kappa shape index (κ3) is 2.83. The van der Waals surface area contributed by atoms with Gasteiger partial charge >= 0.3 is 13.1 Å². The van der Waals surface area contributed by atoms with E-state index in [2.05, 4.69) is 4.98 Å². The number of benzene rings is 1. The van der Waals surface area contributed by atoms with Gasteiger partial charge in [-0.1, -0.05) is 17.7 Å². The fraction of sp³-hybridized carbons (Fsp3) is 0.471. The Morgan fingerprint density at radius 3 is 2.50 bits per heavy atom. The second-order valence-electron chi connectivity index (χ2n) is 7.24. The molecule has 1 unspecified atom stereocenters. The summed E-state index contributed by atoms with van der Waals surface area (Å²) in [4.78, 5) is 14.6. The largest absolute Gasteiger partial charge is 0.481 e. The number of aliphatic carboxylic acids is 1. The molecule has 2 aromatic rings. The van der Waals surface area contributed by atoms with Crippen molar-refractivity contribution in [3.05, 3.63) is 35.0 Å². The molecule has 1 aliphatic heterocycles. The number of carbonyl (C=O) groups is 1. The lowest BCUT2D eigenvalue weighted by Crippen LogP contribution is -2.41. The van der Waals surface area contributed by atoms with Crippen LogP contribution >= 0.6 is 11.6 Å². The fourth-order valence-corrected chi connectivity index (χ4v) is 3.34. The first-order valence-corrected chi connectivity index (χ1v) is 8.33. The van der Waals surface area contributed by atoms with E-state index in [-0.39, 0.29) is 6.42 Å². The van der Waals surface area contributed by atoms with E-state index in [4.69, 9.17) is 20.9 Å². The van der Waals surface area contributed by atoms with Crippen LogP contribution in [0.5, 0.6) is 0 Å². The number of hydrogen-bond acceptors (Lipinski definition) is 3. The maximum Gasteiger partial charge on any atom is 0.466 e. The lowest BCUT2D eigenvalue weighted by atomic mass is 9.66. The first-order valence-electron chi connectivity index (χ1n) is 7.95. The number of carboxylic acid groups (broad SMARTS) is 1. The SMILES string of the molecule is CC1(C)OB(C(CC(=O)O)c2c[nH]c3cccc(Cl)c23)OC1(C)C. The van der Waals surface area contributed by atoms with Crippen LogP contribution in [-0.4, -0.2) is 34.4 Å². The van der Waals surface area contributed by atoms with E-state index in [9.17, 15) is 9.90 Å². The van der Waals surface area contributed by atoms with E-state index in [1.165, 1.54) is 0 Å². The van der Waals surface area contributed by atoms with Gasteiger partial charge in [0.15, 0.2) is 0 Å². The second kappa shape index (κ2) is 5.79. The lowest BCUT2D eigenvalue weighted by Gasteiger charge is -2.32. The molecule has 1 fully saturated rings. The number of carboxylic acids is 1. The first-order chi connectivity index (χ1) is 11.1. The maximum absolute atomic E-state index is 11.5. The molecule has 0 spiro atoms. The van der Waals surface area contributed by atoms with Crippen molar-refractivity contribution in [1.82, 2.24) is 4.98 Å². The molecular formula is C17H21BClNO4. The number of H-pyrrole nitrogens is 1. The van der Waals surface area contributed by atoms with Gasteiger partial charge in [-0.3, -0.25) is 4.79 Å². The van der Waals surface area contributed by atoms with Crippen LogP contribution in [-0.2, 0) is 14.1 Å². The highest BCUT2D eigenvalue weighted by Crippen LogP contribution is 2.43. The third-order valence-electron chi connectivity index (χ3n) is 5.08. The topological polar surface area (TPSA) is 71.5 Å². The van der Waals surface area contributed by atoms with Crippen LogP contribution in [0.1, 0.15) is 45.5 Å². The van der Waals surface area contributed by atoms with Crippen LogP contribution in [0.25, 0.3) is 10.9 Å². The summed E-state index contributed by atoms with van der Waals surface area (Å²) in [6.45, 7) is 7.81. The molecule has 0 bridgehead atoms. The van der Waals surface area contributed by atoms with Gasteiger partial charge < -0.3 is 19.4 Å². The lowest BCUT2D eigenvalue weighted by molar-refractivity contribution is -0.137. The van der Waals surface area contributed by atoms with Crippen molar-refractivity contribution < 1.29 is 19.2 Å². The Kier molecular flexibility index (Phi) is 4.18. The summed E-state index contributed by atoms with van der Waals surface area (Å²) in [5.41, 5.74) is 0.621. The predicted molar refractivity (Wildman–Crippen MR) is 94.4 cm³/mol. The highest BCUT2D eigenvalue weighted by atomic mass is 35.5. The van der Waals surface area contributed by atoms with Gasteiger partial charge in [0, 0.05) is 22.9 Å². The minimum Gasteiger partial charge on any atom is -0.481 e. The van der Waals surface area contributed by atoms with Crippen molar-refractivity contribution in [2.45, 2.75) is 51.1 Å². The van der Waals surface area contributed by atoms with Gasteiger partial charge in [0.2, 0.25) is 0 Å². The normalized spacial score (nSPS) is 20.5. The minimum atomic E-state index is -0.906. The summed E-state index contributed by atoms with van der Waals surface area (Å²) >= 11 is 6.35. The van der Waals surface area contributed by atoms with Crippen molar-refractivity contribution in [3.63, 3.8) is 0 Å². The van der Waals surface area contributed by atoms with Crippen LogP contribution in [0.15, 0.2) is 24.4 Å². The van der Waals surface area contributed by atoms with E-state index >= 15 is 0 Å². The monoisotopic (exact) mass is 349 g/mol. The smallest absolute Gasteiger partial charge is 0.466 e. The average molecular weight is 350 g/mol. The molecule has 7 heteroatoms. The van der Waals surface area contributed by atoms with Crippen molar-refractivity contribution in [2.75, 3.05) is 0 Å². The number of fused-ring (bicyclic) bond motifs is 1. The van der Waals surface area contributed by atoms with Crippen LogP contribution in [0.3, 0.4) is 0 Å². The molecule has 0 aliphatic carbocycles. The van der Waals surface area contributed by atoms with Crippen molar-refractivity contribution in [1.29, 1.82) is 0 Å². The van der Waals surface area contributed by atoms with Crippen LogP contribution in [0, 0.1) is 0 Å². The van der Waals surface area contributed by atoms with Crippen molar-refractivity contribution >= 4 is 35.6 Å². The molecule has 24 heavy (non-hydrogen) atoms. The summed E-state index contributed by atoms with van der Waals surface area (Å²) in [5, 5.41) is 10.8. The van der Waals surface area contributed by atoms with Crippen LogP contribution in [0.2, 0.25) is 5.02 Å². The van der Waals surface area contributed by atoms with Gasteiger partial charge in [-0.2, -0.15) is 0 Å². The molecule has 2 heterocycles. The minimum absolute atomic E-state index is 0.102. The molecule has 0 amide bonds. The quantitative estimate of drug-likeness (QED) is 0.818. The number of aromatic amines is 1. The zero-order valence-electron chi connectivity index (χ0n) is 14.2. The van der Waals surface area contributed by atoms with Crippen molar-refractivity contribution in [3.8, 4) is 0 Å². The zero-order valence-corrected chi connectivity index (χ0v) is 15.0. The Balaban J connectivity index is 2.06. The summed E-state index contributed by atoms with van der Waals surface area (Å²) in [7, 11) is -0.652. The Morgan fingerprint density at radius 1 is 1.29 bits per heavy atom. The van der Waals surface area contributed by atoms with Crippen LogP contribution in [0.4, 0.5) is 0 Å². The molecule has 1 aliphatic rings. The summed E-state index contributed by atoms with van der Waals surface area (Å²) < 4.78 is 12.2. The fourth-order valence-electron chi connectivity index (χ4n) is 3.05. The molecular weight excluding hydrogens is 328 g/mol. The Labute approximate surface area is 146 Å². The molecule has 1 atom stereocenters. The first kappa shape index (κ1) is 17.3. The van der Waals surface area contributed by atoms with Gasteiger partial charge in [0.1, 0.15) is 0 Å². The van der Waals surface area contributed by atoms with E-state index in [0.717, 1.165) is 16.5 Å². The van der Waals surface area contributed by atoms with E-state index < -0.39 is 30.1 Å². The van der Waals surface area contributed by atoms with Gasteiger partial charge in [-0.15, -0.1) is 0 Å². The molecule has 0 radical (unpaired) electrons. The van der Waals surface area contributed by atoms with Gasteiger partial charge in [0.05, 0.1) is 22.6 Å². The predicted octanol–water partition coefficient (Wildman–Crippen LogP) is 4.01. The third-order valence-corrected chi connectivity index (χ3v) is 5.39. The number of hydrogen-bond donors (Lipinski definition) is 2. The van der Waals surface area contributed by atoms with E-state index in [1.54, 1.807) is 12.3 Å². The molecule has 1 saturated heterocycles. The van der Waals surface area contributed by atoms with Gasteiger partial charge in [0.25, 0.3) is 0 Å². The van der Waals surface area contributed by atoms with Gasteiger partial charge in [-0.25, -0.2) is 0 Å². The molecule has 0 saturated carbocycles. The number of nitrogens with one attached hydrogen (secondary N) is 1. The Bertz CT molecular complexity index is 770. The summed E-state index contributed by atoms with van der Waals surface area (Å²) in [6, 6.07) is 5.56. The van der Waals surface area contributed by atoms with Crippen molar-refractivity contribution in [2.24, 2.45) is 0 Å². The summed E-state index contributed by atoms with van der Waals surface area (Å²) in [5.74, 6) is -1.37. The second-order valence-corrected chi connectivity index (χ2v) is 7.64. The molecule has 128 valence electrons. The van der Waals surface area contributed by atoms with Crippen LogP contribution < -0.4 is 0 Å². The standard InChI is InChI=1S/C17H21BClNO4/c1-16(2)17(3,4)24-18(23-16)11(8-14(21)22)10-9-20-13-7-5-6-12(19)15(10)13/h5-7,9,11,20H,8H2,1-4H3,(H,21,22). The highest BCUT2D eigenvalue weighted by molar-refractivity contribution is 6.48. The van der Waals surface area contributed by atoms with Gasteiger partial charge in [-0.05, 0) is 45.4 Å².